The van der Waals surface area contributed by atoms with Gasteiger partial charge in [-0.15, -0.1) is 0 Å². The molecule has 2 heterocycles. The fourth-order valence-electron chi connectivity index (χ4n) is 7.12. The summed E-state index contributed by atoms with van der Waals surface area (Å²) in [7, 11) is 0.422. The zero-order chi connectivity index (χ0) is 39.1. The van der Waals surface area contributed by atoms with Crippen LogP contribution < -0.4 is 20.4 Å². The number of hydrogen-bond acceptors (Lipinski definition) is 11. The number of aromatic nitrogens is 2. The van der Waals surface area contributed by atoms with Crippen molar-refractivity contribution in [2.75, 3.05) is 62.8 Å². The Balaban J connectivity index is 1.50. The van der Waals surface area contributed by atoms with Crippen molar-refractivity contribution in [2.24, 2.45) is 5.92 Å². The molecule has 1 unspecified atom stereocenters. The lowest BCUT2D eigenvalue weighted by Crippen LogP contribution is -2.31. The van der Waals surface area contributed by atoms with E-state index >= 15 is 0 Å². The number of aryl methyl sites for hydroxylation is 1. The summed E-state index contributed by atoms with van der Waals surface area (Å²) in [5.74, 6) is 0.378. The van der Waals surface area contributed by atoms with Crippen LogP contribution in [-0.4, -0.2) is 81.9 Å². The maximum absolute atomic E-state index is 14.8. The van der Waals surface area contributed by atoms with Crippen LogP contribution in [-0.2, 0) is 21.1 Å². The van der Waals surface area contributed by atoms with Gasteiger partial charge in [0.05, 0.1) is 31.2 Å². The van der Waals surface area contributed by atoms with Crippen LogP contribution in [0.3, 0.4) is 0 Å². The number of rotatable bonds is 23. The first-order valence-corrected chi connectivity index (χ1v) is 21.0. The molecule has 0 aliphatic carbocycles. The van der Waals surface area contributed by atoms with Gasteiger partial charge in [-0.05, 0) is 80.4 Å². The van der Waals surface area contributed by atoms with Crippen LogP contribution in [0.4, 0.5) is 26.1 Å². The van der Waals surface area contributed by atoms with Gasteiger partial charge in [0.15, 0.2) is 17.5 Å². The van der Waals surface area contributed by atoms with E-state index in [4.69, 9.17) is 15.0 Å². The molecule has 1 aromatic heterocycles. The molecule has 1 fully saturated rings. The van der Waals surface area contributed by atoms with Crippen molar-refractivity contribution in [2.45, 2.75) is 77.7 Å². The van der Waals surface area contributed by atoms with E-state index in [1.807, 2.05) is 12.1 Å². The summed E-state index contributed by atoms with van der Waals surface area (Å²) in [6, 6.07) is 9.22. The lowest BCUT2D eigenvalue weighted by molar-refractivity contribution is 0.156. The van der Waals surface area contributed by atoms with E-state index in [-0.39, 0.29) is 11.3 Å². The number of benzene rings is 2. The topological polar surface area (TPSA) is 133 Å². The quantitative estimate of drug-likeness (QED) is 0.0819. The van der Waals surface area contributed by atoms with E-state index in [0.717, 1.165) is 81.6 Å². The maximum atomic E-state index is 14.8. The molecule has 4 rings (SSSR count). The third-order valence-corrected chi connectivity index (χ3v) is 10.7. The average molecular weight is 770 g/mol. The molecule has 0 spiro atoms. The molecule has 3 N–H and O–H groups in total. The summed E-state index contributed by atoms with van der Waals surface area (Å²) in [6.07, 6.45) is 14.5. The Morgan fingerprint density at radius 1 is 1.11 bits per heavy atom. The van der Waals surface area contributed by atoms with Crippen LogP contribution in [0, 0.1) is 23.0 Å². The summed E-state index contributed by atoms with van der Waals surface area (Å²) in [6.45, 7) is 7.06. The molecule has 296 valence electrons. The summed E-state index contributed by atoms with van der Waals surface area (Å²) in [5.41, 5.74) is 3.48. The molecular weight excluding hydrogens is 713 g/mol. The zero-order valence-corrected chi connectivity index (χ0v) is 33.2. The number of nitrogens with zero attached hydrogens (tertiary/aromatic N) is 4. The molecule has 0 radical (unpaired) electrons. The van der Waals surface area contributed by atoms with Gasteiger partial charge in [-0.25, -0.2) is 32.2 Å². The highest BCUT2D eigenvalue weighted by Crippen LogP contribution is 2.38. The Bertz CT molecular complexity index is 1810. The number of allylic oxidation sites excluding steroid dienone is 1. The summed E-state index contributed by atoms with van der Waals surface area (Å²) in [5, 5.41) is 16.1. The van der Waals surface area contributed by atoms with E-state index in [1.54, 1.807) is 32.5 Å². The number of hydrogen-bond donors (Lipinski definition) is 3. The predicted octanol–water partition coefficient (Wildman–Crippen LogP) is 7.88. The minimum Gasteiger partial charge on any atom is -0.495 e. The first kappa shape index (κ1) is 42.6. The Labute approximate surface area is 319 Å². The number of anilines is 3. The molecule has 0 saturated carbocycles. The number of halogens is 2. The van der Waals surface area contributed by atoms with Crippen molar-refractivity contribution in [1.82, 2.24) is 20.2 Å². The van der Waals surface area contributed by atoms with Crippen LogP contribution in [0.1, 0.15) is 87.9 Å². The zero-order valence-electron chi connectivity index (χ0n) is 32.3. The SMILES string of the molecule is CCCC(CCCc1cc(OC)c(Nc2cc(N3OCC[C@@H]3c3cccc(F)c3F)ncn2)cc1/C(C=N)=C/NC)CCCN(CCC)CCS(C)(=O)=O. The molecule has 1 saturated heterocycles. The van der Waals surface area contributed by atoms with Gasteiger partial charge in [0.2, 0.25) is 0 Å². The molecule has 2 aromatic carbocycles. The third-order valence-electron chi connectivity index (χ3n) is 9.74. The van der Waals surface area contributed by atoms with Crippen LogP contribution in [0.5, 0.6) is 5.75 Å². The first-order valence-electron chi connectivity index (χ1n) is 19.0. The normalized spacial score (nSPS) is 15.4. The lowest BCUT2D eigenvalue weighted by Gasteiger charge is -2.24. The minimum absolute atomic E-state index is 0.194. The Hall–Kier alpha value is -4.14. The van der Waals surface area contributed by atoms with Crippen LogP contribution in [0.2, 0.25) is 0 Å². The fourth-order valence-corrected chi connectivity index (χ4v) is 7.71. The standard InChI is InChI=1S/C40H57F2N7O4S/c1-6-11-29(13-10-19-48(18-7-2)20-22-54(5,50)51)12-8-14-30-23-37(52-4)35(24-33(30)31(26-43)27-44-3)47-38-25-39(46-28-45-38)49-36(17-21-53-49)32-15-9-16-34(41)40(32)42/h9,15-16,23-29,36,43-44H,6-8,10-14,17-22H2,1-5H3,(H,45,46,47)/b31-27+,43-26?/t29?,36-/m1/s1. The molecule has 0 bridgehead atoms. The van der Waals surface area contributed by atoms with Crippen molar-refractivity contribution < 1.29 is 26.8 Å². The van der Waals surface area contributed by atoms with E-state index in [0.29, 0.717) is 54.1 Å². The molecule has 0 amide bonds. The Morgan fingerprint density at radius 2 is 1.91 bits per heavy atom. The van der Waals surface area contributed by atoms with Gasteiger partial charge in [-0.2, -0.15) is 0 Å². The lowest BCUT2D eigenvalue weighted by atomic mass is 9.89. The van der Waals surface area contributed by atoms with Crippen molar-refractivity contribution >= 4 is 38.9 Å². The van der Waals surface area contributed by atoms with Gasteiger partial charge in [-0.1, -0.05) is 45.2 Å². The average Bonchev–Trinajstić information content (AvgIpc) is 3.64. The molecule has 3 aromatic rings. The smallest absolute Gasteiger partial charge is 0.164 e. The van der Waals surface area contributed by atoms with Crippen molar-refractivity contribution in [3.05, 3.63) is 77.3 Å². The van der Waals surface area contributed by atoms with Crippen molar-refractivity contribution in [1.29, 1.82) is 5.41 Å². The van der Waals surface area contributed by atoms with Crippen LogP contribution in [0.15, 0.2) is 48.9 Å². The van der Waals surface area contributed by atoms with Gasteiger partial charge >= 0.3 is 0 Å². The maximum Gasteiger partial charge on any atom is 0.164 e. The number of ether oxygens (including phenoxy) is 1. The fraction of sp³-hybridized carbons (Fsp3) is 0.525. The first-order chi connectivity index (χ1) is 26.0. The van der Waals surface area contributed by atoms with Gasteiger partial charge < -0.3 is 25.7 Å². The molecule has 54 heavy (non-hydrogen) atoms. The van der Waals surface area contributed by atoms with Crippen molar-refractivity contribution in [3.8, 4) is 5.75 Å². The van der Waals surface area contributed by atoms with Crippen LogP contribution >= 0.6 is 0 Å². The van der Waals surface area contributed by atoms with Gasteiger partial charge in [0.1, 0.15) is 27.7 Å². The number of hydroxylamine groups is 1. The minimum atomic E-state index is -2.99. The van der Waals surface area contributed by atoms with E-state index in [2.05, 4.69) is 39.3 Å². The van der Waals surface area contributed by atoms with E-state index in [9.17, 15) is 17.2 Å². The van der Waals surface area contributed by atoms with Crippen molar-refractivity contribution in [3.63, 3.8) is 0 Å². The number of methoxy groups -OCH3 is 1. The molecule has 11 nitrogen and oxygen atoms in total. The number of sulfone groups is 1. The number of nitrogens with one attached hydrogen (secondary N) is 3. The largest absolute Gasteiger partial charge is 0.495 e. The Kier molecular flexibility index (Phi) is 16.6. The molecule has 14 heteroatoms. The monoisotopic (exact) mass is 769 g/mol. The Morgan fingerprint density at radius 3 is 2.61 bits per heavy atom. The van der Waals surface area contributed by atoms with Gasteiger partial charge in [-0.3, -0.25) is 4.84 Å². The molecular formula is C40H57F2N7O4S. The van der Waals surface area contributed by atoms with Crippen LogP contribution in [0.25, 0.3) is 5.57 Å². The summed E-state index contributed by atoms with van der Waals surface area (Å²) >= 11 is 0. The van der Waals surface area contributed by atoms with Gasteiger partial charge in [0, 0.05) is 55.9 Å². The summed E-state index contributed by atoms with van der Waals surface area (Å²) < 4.78 is 58.2. The second-order valence-corrected chi connectivity index (χ2v) is 16.2. The molecule has 1 aliphatic rings. The van der Waals surface area contributed by atoms with Gasteiger partial charge in [0.25, 0.3) is 0 Å². The molecule has 2 atom stereocenters. The highest BCUT2D eigenvalue weighted by molar-refractivity contribution is 7.90. The summed E-state index contributed by atoms with van der Waals surface area (Å²) in [4.78, 5) is 16.9. The second kappa shape index (κ2) is 21.1. The highest BCUT2D eigenvalue weighted by Gasteiger charge is 2.32. The van der Waals surface area contributed by atoms with E-state index < -0.39 is 27.5 Å². The second-order valence-electron chi connectivity index (χ2n) is 13.9. The third kappa shape index (κ3) is 12.2. The van der Waals surface area contributed by atoms with E-state index in [1.165, 1.54) is 29.9 Å². The molecule has 1 aliphatic heterocycles. The predicted molar refractivity (Wildman–Crippen MR) is 213 cm³/mol. The highest BCUT2D eigenvalue weighted by atomic mass is 32.2.